The van der Waals surface area contributed by atoms with Gasteiger partial charge in [-0.15, -0.1) is 0 Å². The van der Waals surface area contributed by atoms with Crippen LogP contribution in [0.15, 0.2) is 42.5 Å². The van der Waals surface area contributed by atoms with E-state index in [1.807, 2.05) is 0 Å². The molecule has 0 aliphatic heterocycles. The number of hydrogen-bond donors (Lipinski definition) is 0. The first kappa shape index (κ1) is 21.0. The summed E-state index contributed by atoms with van der Waals surface area (Å²) in [4.78, 5) is 23.7. The molecule has 6 nitrogen and oxygen atoms in total. The third-order valence-corrected chi connectivity index (χ3v) is 8.42. The molecule has 0 saturated heterocycles. The molecule has 0 amide bonds. The number of methoxy groups -OCH3 is 1. The van der Waals surface area contributed by atoms with Gasteiger partial charge in [0, 0.05) is 11.5 Å². The van der Waals surface area contributed by atoms with Gasteiger partial charge in [0.25, 0.3) is 5.69 Å². The van der Waals surface area contributed by atoms with Gasteiger partial charge >= 0.3 is 5.97 Å². The summed E-state index contributed by atoms with van der Waals surface area (Å²) < 4.78 is 11.4. The van der Waals surface area contributed by atoms with Crippen LogP contribution in [0.4, 0.5) is 5.69 Å². The Morgan fingerprint density at radius 1 is 1.12 bits per heavy atom. The second-order valence-electron chi connectivity index (χ2n) is 9.77. The van der Waals surface area contributed by atoms with Crippen molar-refractivity contribution >= 4 is 11.7 Å². The van der Waals surface area contributed by atoms with Crippen LogP contribution in [-0.4, -0.2) is 24.1 Å². The number of aryl methyl sites for hydroxylation is 1. The maximum absolute atomic E-state index is 12.9. The van der Waals surface area contributed by atoms with Gasteiger partial charge in [-0.1, -0.05) is 25.1 Å². The average Bonchev–Trinajstić information content (AvgIpc) is 3.14. The molecule has 2 aromatic rings. The van der Waals surface area contributed by atoms with Crippen molar-refractivity contribution in [1.82, 2.24) is 0 Å². The Hall–Kier alpha value is -2.89. The quantitative estimate of drug-likeness (QED) is 0.350. The summed E-state index contributed by atoms with van der Waals surface area (Å²) in [6, 6.07) is 12.6. The molecule has 0 aromatic heterocycles. The van der Waals surface area contributed by atoms with Crippen molar-refractivity contribution in [3.63, 3.8) is 0 Å². The first-order valence-corrected chi connectivity index (χ1v) is 11.5. The molecule has 3 aliphatic carbocycles. The highest BCUT2D eigenvalue weighted by Crippen LogP contribution is 2.61. The fourth-order valence-corrected chi connectivity index (χ4v) is 6.83. The van der Waals surface area contributed by atoms with Crippen molar-refractivity contribution in [3.05, 3.63) is 69.3 Å². The monoisotopic (exact) mass is 435 g/mol. The Bertz CT molecular complexity index is 1070. The third kappa shape index (κ3) is 3.28. The lowest BCUT2D eigenvalue weighted by molar-refractivity contribution is -0.385. The molecular weight excluding hydrogens is 406 g/mol. The van der Waals surface area contributed by atoms with Gasteiger partial charge in [0.1, 0.15) is 17.4 Å². The minimum Gasteiger partial charge on any atom is -0.497 e. The van der Waals surface area contributed by atoms with E-state index in [9.17, 15) is 14.9 Å². The first-order chi connectivity index (χ1) is 15.4. The molecule has 0 spiro atoms. The molecular formula is C26H29NO5. The average molecular weight is 436 g/mol. The molecule has 0 N–H and O–H groups in total. The predicted octanol–water partition coefficient (Wildman–Crippen LogP) is 5.69. The molecule has 2 aromatic carbocycles. The SMILES string of the molecule is COc1ccc2c(c1)CC[C@@H]1[C@@H]2CC[C@]2(C)C(OC(=O)c3ccccc3[N+](=O)[O-])CC[C@@H]12. The minimum absolute atomic E-state index is 0.0405. The molecule has 1 unspecified atom stereocenters. The number of para-hydroxylation sites is 1. The van der Waals surface area contributed by atoms with E-state index in [0.29, 0.717) is 17.8 Å². The van der Waals surface area contributed by atoms with Crippen LogP contribution in [0.2, 0.25) is 0 Å². The van der Waals surface area contributed by atoms with E-state index < -0.39 is 10.9 Å². The number of nitro benzene ring substituents is 1. The topological polar surface area (TPSA) is 78.7 Å². The van der Waals surface area contributed by atoms with Crippen molar-refractivity contribution < 1.29 is 19.2 Å². The molecule has 2 fully saturated rings. The lowest BCUT2D eigenvalue weighted by atomic mass is 9.55. The Balaban J connectivity index is 1.36. The molecule has 0 radical (unpaired) electrons. The molecule has 0 heterocycles. The molecule has 0 bridgehead atoms. The minimum atomic E-state index is -0.576. The molecule has 5 atom stereocenters. The van der Waals surface area contributed by atoms with Crippen LogP contribution in [0.25, 0.3) is 0 Å². The van der Waals surface area contributed by atoms with Crippen molar-refractivity contribution in [2.45, 2.75) is 57.5 Å². The number of esters is 1. The van der Waals surface area contributed by atoms with Gasteiger partial charge in [0.2, 0.25) is 0 Å². The molecule has 6 heteroatoms. The van der Waals surface area contributed by atoms with Crippen LogP contribution in [0.1, 0.15) is 66.4 Å². The Kier molecular flexibility index (Phi) is 5.19. The predicted molar refractivity (Wildman–Crippen MR) is 120 cm³/mol. The lowest BCUT2D eigenvalue weighted by Crippen LogP contribution is -2.45. The summed E-state index contributed by atoms with van der Waals surface area (Å²) in [6.07, 6.45) is 5.95. The second kappa shape index (κ2) is 7.91. The molecule has 5 rings (SSSR count). The van der Waals surface area contributed by atoms with E-state index >= 15 is 0 Å². The number of ether oxygens (including phenoxy) is 2. The summed E-state index contributed by atoms with van der Waals surface area (Å²) in [5.41, 5.74) is 2.64. The zero-order chi connectivity index (χ0) is 22.5. The van der Waals surface area contributed by atoms with Crippen LogP contribution in [-0.2, 0) is 11.2 Å². The van der Waals surface area contributed by atoms with E-state index in [-0.39, 0.29) is 22.8 Å². The Labute approximate surface area is 188 Å². The Morgan fingerprint density at radius 3 is 2.72 bits per heavy atom. The standard InChI is InChI=1S/C26H29NO5/c1-26-14-13-19-18-10-8-17(31-2)15-16(18)7-9-20(19)22(26)11-12-24(26)32-25(28)21-5-3-4-6-23(21)27(29)30/h3-6,8,10,15,19-20,22,24H,7,9,11-14H2,1-2H3/t19-,20-,22+,24?,26+/m1/s1. The largest absolute Gasteiger partial charge is 0.497 e. The summed E-state index contributed by atoms with van der Waals surface area (Å²) in [5, 5.41) is 11.3. The summed E-state index contributed by atoms with van der Waals surface area (Å²) in [6.45, 7) is 2.27. The van der Waals surface area contributed by atoms with E-state index in [1.165, 1.54) is 23.3 Å². The van der Waals surface area contributed by atoms with Crippen molar-refractivity contribution in [1.29, 1.82) is 0 Å². The van der Waals surface area contributed by atoms with Gasteiger partial charge in [0.05, 0.1) is 12.0 Å². The van der Waals surface area contributed by atoms with Gasteiger partial charge in [-0.25, -0.2) is 4.79 Å². The number of carbonyl (C=O) groups is 1. The van der Waals surface area contributed by atoms with Gasteiger partial charge in [-0.05, 0) is 85.6 Å². The van der Waals surface area contributed by atoms with E-state index in [2.05, 4.69) is 25.1 Å². The van der Waals surface area contributed by atoms with E-state index in [0.717, 1.165) is 44.3 Å². The van der Waals surface area contributed by atoms with Gasteiger partial charge in [-0.3, -0.25) is 10.1 Å². The summed E-state index contributed by atoms with van der Waals surface area (Å²) >= 11 is 0. The van der Waals surface area contributed by atoms with Crippen molar-refractivity contribution in [2.24, 2.45) is 17.3 Å². The van der Waals surface area contributed by atoms with Crippen LogP contribution >= 0.6 is 0 Å². The first-order valence-electron chi connectivity index (χ1n) is 11.5. The summed E-state index contributed by atoms with van der Waals surface area (Å²) in [5.74, 6) is 1.98. The van der Waals surface area contributed by atoms with Crippen LogP contribution < -0.4 is 4.74 Å². The number of nitro groups is 1. The second-order valence-corrected chi connectivity index (χ2v) is 9.77. The third-order valence-electron chi connectivity index (χ3n) is 8.42. The van der Waals surface area contributed by atoms with Gasteiger partial charge in [-0.2, -0.15) is 0 Å². The molecule has 32 heavy (non-hydrogen) atoms. The maximum atomic E-state index is 12.9. The lowest BCUT2D eigenvalue weighted by Gasteiger charge is -2.50. The number of rotatable bonds is 4. The highest BCUT2D eigenvalue weighted by Gasteiger charge is 2.56. The smallest absolute Gasteiger partial charge is 0.345 e. The molecule has 168 valence electrons. The highest BCUT2D eigenvalue weighted by atomic mass is 16.6. The van der Waals surface area contributed by atoms with E-state index in [1.54, 1.807) is 19.2 Å². The van der Waals surface area contributed by atoms with Crippen LogP contribution in [0, 0.1) is 27.4 Å². The zero-order valence-corrected chi connectivity index (χ0v) is 18.6. The number of nitrogens with zero attached hydrogens (tertiary/aromatic N) is 1. The molecule has 3 aliphatic rings. The number of hydrogen-bond acceptors (Lipinski definition) is 5. The number of benzene rings is 2. The zero-order valence-electron chi connectivity index (χ0n) is 18.6. The van der Waals surface area contributed by atoms with Gasteiger partial charge in [0.15, 0.2) is 0 Å². The number of carbonyl (C=O) groups excluding carboxylic acids is 1. The maximum Gasteiger partial charge on any atom is 0.345 e. The van der Waals surface area contributed by atoms with Gasteiger partial charge < -0.3 is 9.47 Å². The van der Waals surface area contributed by atoms with Crippen molar-refractivity contribution in [3.8, 4) is 5.75 Å². The number of fused-ring (bicyclic) bond motifs is 5. The molecule has 2 saturated carbocycles. The normalized spacial score (nSPS) is 30.6. The fourth-order valence-electron chi connectivity index (χ4n) is 6.83. The van der Waals surface area contributed by atoms with Crippen LogP contribution in [0.5, 0.6) is 5.75 Å². The van der Waals surface area contributed by atoms with Crippen molar-refractivity contribution in [2.75, 3.05) is 7.11 Å². The van der Waals surface area contributed by atoms with Crippen LogP contribution in [0.3, 0.4) is 0 Å². The highest BCUT2D eigenvalue weighted by molar-refractivity contribution is 5.94. The summed E-state index contributed by atoms with van der Waals surface area (Å²) in [7, 11) is 1.71. The fraction of sp³-hybridized carbons (Fsp3) is 0.500. The van der Waals surface area contributed by atoms with E-state index in [4.69, 9.17) is 9.47 Å². The Morgan fingerprint density at radius 2 is 1.94 bits per heavy atom.